The summed E-state index contributed by atoms with van der Waals surface area (Å²) in [5.74, 6) is 0. The van der Waals surface area contributed by atoms with E-state index in [1.165, 1.54) is 18.9 Å². The van der Waals surface area contributed by atoms with Crippen LogP contribution in [0.1, 0.15) is 25.3 Å². The van der Waals surface area contributed by atoms with Crippen LogP contribution in [-0.4, -0.2) is 39.0 Å². The lowest BCUT2D eigenvalue weighted by molar-refractivity contribution is 0.248. The predicted octanol–water partition coefficient (Wildman–Crippen LogP) is 1.56. The number of likely N-dealkylation sites (N-methyl/N-ethyl adjacent to an activating group) is 1. The number of benzene rings is 1. The van der Waals surface area contributed by atoms with Crippen molar-refractivity contribution in [1.29, 1.82) is 0 Å². The maximum absolute atomic E-state index is 12.3. The Morgan fingerprint density at radius 2 is 2.14 bits per heavy atom. The van der Waals surface area contributed by atoms with E-state index in [-0.39, 0.29) is 16.0 Å². The fourth-order valence-electron chi connectivity index (χ4n) is 2.18. The highest BCUT2D eigenvalue weighted by atomic mass is 35.5. The summed E-state index contributed by atoms with van der Waals surface area (Å²) >= 11 is 6.05. The highest BCUT2D eigenvalue weighted by Gasteiger charge is 2.29. The van der Waals surface area contributed by atoms with Crippen LogP contribution in [0.25, 0.3) is 0 Å². The first-order valence-electron chi connectivity index (χ1n) is 7.05. The largest absolute Gasteiger partial charge is 0.326 e. The summed E-state index contributed by atoms with van der Waals surface area (Å²) in [6, 6.07) is 5.52. The van der Waals surface area contributed by atoms with E-state index >= 15 is 0 Å². The van der Waals surface area contributed by atoms with Gasteiger partial charge in [0.15, 0.2) is 0 Å². The zero-order chi connectivity index (χ0) is 15.6. The van der Waals surface area contributed by atoms with E-state index in [0.29, 0.717) is 19.1 Å². The number of hydrogen-bond acceptors (Lipinski definition) is 4. The van der Waals surface area contributed by atoms with Crippen molar-refractivity contribution >= 4 is 21.6 Å². The molecule has 0 spiro atoms. The average molecular weight is 332 g/mol. The van der Waals surface area contributed by atoms with E-state index in [2.05, 4.69) is 9.62 Å². The van der Waals surface area contributed by atoms with Gasteiger partial charge in [0.05, 0.1) is 5.02 Å². The molecule has 1 aliphatic carbocycles. The van der Waals surface area contributed by atoms with Crippen molar-refractivity contribution in [3.05, 3.63) is 28.8 Å². The lowest BCUT2D eigenvalue weighted by atomic mass is 10.2. The van der Waals surface area contributed by atoms with Crippen LogP contribution in [0.4, 0.5) is 0 Å². The molecule has 0 aromatic heterocycles. The number of nitrogens with two attached hydrogens (primary N) is 1. The summed E-state index contributed by atoms with van der Waals surface area (Å²) < 4.78 is 27.3. The Morgan fingerprint density at radius 3 is 2.67 bits per heavy atom. The van der Waals surface area contributed by atoms with Gasteiger partial charge in [-0.25, -0.2) is 13.1 Å². The third-order valence-electron chi connectivity index (χ3n) is 3.91. The van der Waals surface area contributed by atoms with Gasteiger partial charge in [-0.3, -0.25) is 4.90 Å². The number of halogens is 1. The molecule has 0 heterocycles. The maximum Gasteiger partial charge on any atom is 0.242 e. The minimum absolute atomic E-state index is 0.0997. The number of sulfonamides is 1. The molecule has 0 amide bonds. The number of nitrogens with zero attached hydrogens (tertiary/aromatic N) is 1. The van der Waals surface area contributed by atoms with Crippen molar-refractivity contribution < 1.29 is 8.42 Å². The Balaban J connectivity index is 2.04. The molecule has 1 saturated carbocycles. The van der Waals surface area contributed by atoms with Gasteiger partial charge in [-0.1, -0.05) is 17.7 Å². The van der Waals surface area contributed by atoms with Gasteiger partial charge in [0.2, 0.25) is 10.0 Å². The molecule has 3 N–H and O–H groups in total. The third kappa shape index (κ3) is 4.17. The SMILES string of the molecule is CC(CNS(=O)(=O)c1ccc(CN)cc1Cl)N(C)C1CC1. The minimum Gasteiger partial charge on any atom is -0.326 e. The second-order valence-electron chi connectivity index (χ2n) is 5.57. The maximum atomic E-state index is 12.3. The summed E-state index contributed by atoms with van der Waals surface area (Å²) in [7, 11) is -1.57. The molecule has 21 heavy (non-hydrogen) atoms. The van der Waals surface area contributed by atoms with Gasteiger partial charge in [0.1, 0.15) is 4.90 Å². The smallest absolute Gasteiger partial charge is 0.242 e. The van der Waals surface area contributed by atoms with Crippen LogP contribution in [0.2, 0.25) is 5.02 Å². The van der Waals surface area contributed by atoms with Crippen LogP contribution >= 0.6 is 11.6 Å². The van der Waals surface area contributed by atoms with Crippen LogP contribution in [0.15, 0.2) is 23.1 Å². The number of rotatable bonds is 7. The van der Waals surface area contributed by atoms with Gasteiger partial charge in [-0.15, -0.1) is 0 Å². The van der Waals surface area contributed by atoms with Crippen molar-refractivity contribution in [2.45, 2.75) is 43.3 Å². The lowest BCUT2D eigenvalue weighted by Crippen LogP contribution is -2.41. The Labute approximate surface area is 131 Å². The van der Waals surface area contributed by atoms with Gasteiger partial charge in [-0.05, 0) is 44.5 Å². The average Bonchev–Trinajstić information content (AvgIpc) is 3.28. The molecule has 0 aliphatic heterocycles. The topological polar surface area (TPSA) is 75.4 Å². The van der Waals surface area contributed by atoms with Gasteiger partial charge in [0, 0.05) is 25.2 Å². The Morgan fingerprint density at radius 1 is 1.48 bits per heavy atom. The summed E-state index contributed by atoms with van der Waals surface area (Å²) in [4.78, 5) is 2.31. The van der Waals surface area contributed by atoms with E-state index in [4.69, 9.17) is 17.3 Å². The van der Waals surface area contributed by atoms with E-state index < -0.39 is 10.0 Å². The summed E-state index contributed by atoms with van der Waals surface area (Å²) in [5, 5.41) is 0.202. The molecule has 5 nitrogen and oxygen atoms in total. The monoisotopic (exact) mass is 331 g/mol. The predicted molar refractivity (Wildman–Crippen MR) is 84.8 cm³/mol. The van der Waals surface area contributed by atoms with E-state index in [1.54, 1.807) is 12.1 Å². The Bertz CT molecular complexity index is 602. The van der Waals surface area contributed by atoms with Crippen molar-refractivity contribution in [3.8, 4) is 0 Å². The summed E-state index contributed by atoms with van der Waals surface area (Å²) in [5.41, 5.74) is 6.32. The molecular formula is C14H22ClN3O2S. The summed E-state index contributed by atoms with van der Waals surface area (Å²) in [6.07, 6.45) is 2.39. The molecule has 118 valence electrons. The van der Waals surface area contributed by atoms with E-state index in [0.717, 1.165) is 5.56 Å². The van der Waals surface area contributed by atoms with E-state index in [1.807, 2.05) is 14.0 Å². The highest BCUT2D eigenvalue weighted by Crippen LogP contribution is 2.27. The Hall–Kier alpha value is -0.660. The second-order valence-corrected chi connectivity index (χ2v) is 7.71. The molecule has 0 radical (unpaired) electrons. The molecule has 1 aliphatic rings. The second kappa shape index (κ2) is 6.62. The fourth-order valence-corrected chi connectivity index (χ4v) is 3.87. The molecule has 0 saturated heterocycles. The van der Waals surface area contributed by atoms with Gasteiger partial charge < -0.3 is 5.73 Å². The fraction of sp³-hybridized carbons (Fsp3) is 0.571. The standard InChI is InChI=1S/C14H22ClN3O2S/c1-10(18(2)12-4-5-12)9-17-21(19,20)14-6-3-11(8-16)7-13(14)15/h3,6-7,10,12,17H,4-5,8-9,16H2,1-2H3. The highest BCUT2D eigenvalue weighted by molar-refractivity contribution is 7.89. The third-order valence-corrected chi connectivity index (χ3v) is 5.81. The van der Waals surface area contributed by atoms with Gasteiger partial charge >= 0.3 is 0 Å². The number of hydrogen-bond donors (Lipinski definition) is 2. The first-order chi connectivity index (χ1) is 9.85. The number of nitrogens with one attached hydrogen (secondary N) is 1. The van der Waals surface area contributed by atoms with Crippen LogP contribution in [-0.2, 0) is 16.6 Å². The van der Waals surface area contributed by atoms with Crippen molar-refractivity contribution in [2.75, 3.05) is 13.6 Å². The Kier molecular flexibility index (Phi) is 5.27. The zero-order valence-corrected chi connectivity index (χ0v) is 13.9. The summed E-state index contributed by atoms with van der Waals surface area (Å²) in [6.45, 7) is 2.71. The van der Waals surface area contributed by atoms with Gasteiger partial charge in [-0.2, -0.15) is 0 Å². The quantitative estimate of drug-likeness (QED) is 0.795. The molecule has 0 bridgehead atoms. The van der Waals surface area contributed by atoms with Crippen molar-refractivity contribution in [3.63, 3.8) is 0 Å². The van der Waals surface area contributed by atoms with Crippen molar-refractivity contribution in [2.24, 2.45) is 5.73 Å². The molecule has 1 unspecified atom stereocenters. The van der Waals surface area contributed by atoms with E-state index in [9.17, 15) is 8.42 Å². The van der Waals surface area contributed by atoms with Gasteiger partial charge in [0.25, 0.3) is 0 Å². The molecule has 1 fully saturated rings. The molecule has 1 aromatic carbocycles. The minimum atomic E-state index is -3.60. The van der Waals surface area contributed by atoms with Crippen LogP contribution < -0.4 is 10.5 Å². The molecule has 2 rings (SSSR count). The van der Waals surface area contributed by atoms with Crippen LogP contribution in [0.5, 0.6) is 0 Å². The first kappa shape index (κ1) is 16.7. The molecule has 1 atom stereocenters. The van der Waals surface area contributed by atoms with Crippen molar-refractivity contribution in [1.82, 2.24) is 9.62 Å². The van der Waals surface area contributed by atoms with Crippen LogP contribution in [0.3, 0.4) is 0 Å². The lowest BCUT2D eigenvalue weighted by Gasteiger charge is -2.24. The van der Waals surface area contributed by atoms with Crippen LogP contribution in [0, 0.1) is 0 Å². The molecule has 7 heteroatoms. The molecular weight excluding hydrogens is 310 g/mol. The normalized spacial score (nSPS) is 17.2. The molecule has 1 aromatic rings. The first-order valence-corrected chi connectivity index (χ1v) is 8.91. The zero-order valence-electron chi connectivity index (χ0n) is 12.3.